The van der Waals surface area contributed by atoms with Gasteiger partial charge in [0.25, 0.3) is 5.91 Å². The Morgan fingerprint density at radius 1 is 1.09 bits per heavy atom. The molecule has 168 valence electrons. The zero-order valence-corrected chi connectivity index (χ0v) is 19.7. The largest absolute Gasteiger partial charge is 0.493 e. The smallest absolute Gasteiger partial charge is 0.250 e. The number of carbonyl (C=O) groups excluding carboxylic acids is 1. The summed E-state index contributed by atoms with van der Waals surface area (Å²) in [5.41, 5.74) is 6.26. The van der Waals surface area contributed by atoms with Gasteiger partial charge in [0.15, 0.2) is 22.5 Å². The monoisotopic (exact) mass is 453 g/mol. The molecule has 0 saturated carbocycles. The van der Waals surface area contributed by atoms with Crippen LogP contribution in [0.25, 0.3) is 11.4 Å². The molecule has 32 heavy (non-hydrogen) atoms. The van der Waals surface area contributed by atoms with Crippen LogP contribution in [0.1, 0.15) is 25.0 Å². The third-order valence-electron chi connectivity index (χ3n) is 4.82. The van der Waals surface area contributed by atoms with Crippen LogP contribution in [0.5, 0.6) is 11.5 Å². The van der Waals surface area contributed by atoms with E-state index in [1.165, 1.54) is 17.3 Å². The van der Waals surface area contributed by atoms with Crippen LogP contribution in [-0.2, 0) is 11.3 Å². The number of hydrazone groups is 1. The molecule has 0 fully saturated rings. The van der Waals surface area contributed by atoms with E-state index in [9.17, 15) is 4.79 Å². The molecule has 0 spiro atoms. The third kappa shape index (κ3) is 5.47. The maximum Gasteiger partial charge on any atom is 0.250 e. The van der Waals surface area contributed by atoms with E-state index >= 15 is 0 Å². The molecule has 0 aliphatic heterocycles. The van der Waals surface area contributed by atoms with E-state index in [0.29, 0.717) is 28.9 Å². The minimum Gasteiger partial charge on any atom is -0.493 e. The first kappa shape index (κ1) is 23.3. The SMILES string of the molecule is CCn1c(SCC(=O)N/N=C(\C)c2ccc(OC)c(OC)c2)nnc1-c1ccc(C)cc1. The van der Waals surface area contributed by atoms with Crippen LogP contribution in [0.4, 0.5) is 0 Å². The van der Waals surface area contributed by atoms with Gasteiger partial charge in [0.2, 0.25) is 0 Å². The van der Waals surface area contributed by atoms with Gasteiger partial charge in [0.05, 0.1) is 25.7 Å². The number of thioether (sulfide) groups is 1. The number of ether oxygens (including phenoxy) is 2. The number of amides is 1. The van der Waals surface area contributed by atoms with E-state index in [0.717, 1.165) is 17.0 Å². The second-order valence-corrected chi connectivity index (χ2v) is 7.95. The van der Waals surface area contributed by atoms with Crippen molar-refractivity contribution in [1.29, 1.82) is 0 Å². The Morgan fingerprint density at radius 2 is 1.81 bits per heavy atom. The van der Waals surface area contributed by atoms with Gasteiger partial charge in [-0.15, -0.1) is 10.2 Å². The Kier molecular flexibility index (Phi) is 7.88. The Hall–Kier alpha value is -3.33. The van der Waals surface area contributed by atoms with Crippen LogP contribution >= 0.6 is 11.8 Å². The number of rotatable bonds is 9. The van der Waals surface area contributed by atoms with Crippen molar-refractivity contribution in [1.82, 2.24) is 20.2 Å². The standard InChI is InChI=1S/C23H27N5O3S/c1-6-28-22(17-9-7-15(2)8-10-17)26-27-23(28)32-14-21(29)25-24-16(3)18-11-12-19(30-4)20(13-18)31-5/h7-13H,6,14H2,1-5H3,(H,25,29)/b24-16+. The third-order valence-corrected chi connectivity index (χ3v) is 5.79. The summed E-state index contributed by atoms with van der Waals surface area (Å²) in [5, 5.41) is 13.5. The van der Waals surface area contributed by atoms with Crippen LogP contribution in [0.2, 0.25) is 0 Å². The van der Waals surface area contributed by atoms with Gasteiger partial charge in [-0.3, -0.25) is 4.79 Å². The highest BCUT2D eigenvalue weighted by atomic mass is 32.2. The number of hydrogen-bond acceptors (Lipinski definition) is 7. The average Bonchev–Trinajstić information content (AvgIpc) is 3.24. The fourth-order valence-electron chi connectivity index (χ4n) is 3.03. The Balaban J connectivity index is 1.63. The van der Waals surface area contributed by atoms with Crippen molar-refractivity contribution in [2.24, 2.45) is 5.10 Å². The van der Waals surface area contributed by atoms with Crippen LogP contribution in [0, 0.1) is 6.92 Å². The van der Waals surface area contributed by atoms with Crippen molar-refractivity contribution < 1.29 is 14.3 Å². The summed E-state index contributed by atoms with van der Waals surface area (Å²) in [6, 6.07) is 13.6. The van der Waals surface area contributed by atoms with Gasteiger partial charge in [-0.1, -0.05) is 41.6 Å². The highest BCUT2D eigenvalue weighted by Gasteiger charge is 2.14. The number of nitrogens with one attached hydrogen (secondary N) is 1. The molecule has 0 aliphatic carbocycles. The molecule has 1 aromatic heterocycles. The lowest BCUT2D eigenvalue weighted by Crippen LogP contribution is -2.21. The number of hydrogen-bond donors (Lipinski definition) is 1. The lowest BCUT2D eigenvalue weighted by molar-refractivity contribution is -0.118. The lowest BCUT2D eigenvalue weighted by Gasteiger charge is -2.09. The number of benzene rings is 2. The number of aryl methyl sites for hydroxylation is 1. The molecule has 3 aromatic rings. The minimum absolute atomic E-state index is 0.175. The van der Waals surface area contributed by atoms with Gasteiger partial charge < -0.3 is 14.0 Å². The fourth-order valence-corrected chi connectivity index (χ4v) is 3.83. The highest BCUT2D eigenvalue weighted by molar-refractivity contribution is 7.99. The van der Waals surface area contributed by atoms with Gasteiger partial charge >= 0.3 is 0 Å². The molecule has 0 aliphatic rings. The zero-order chi connectivity index (χ0) is 23.1. The molecule has 1 heterocycles. The highest BCUT2D eigenvalue weighted by Crippen LogP contribution is 2.28. The average molecular weight is 454 g/mol. The summed E-state index contributed by atoms with van der Waals surface area (Å²) in [6.07, 6.45) is 0. The van der Waals surface area contributed by atoms with Crippen LogP contribution in [-0.4, -0.2) is 46.4 Å². The summed E-state index contributed by atoms with van der Waals surface area (Å²) in [7, 11) is 3.16. The van der Waals surface area contributed by atoms with Gasteiger partial charge in [-0.05, 0) is 39.0 Å². The molecule has 3 rings (SSSR count). The first-order valence-corrected chi connectivity index (χ1v) is 11.1. The maximum absolute atomic E-state index is 12.3. The van der Waals surface area contributed by atoms with Gasteiger partial charge in [-0.25, -0.2) is 5.43 Å². The van der Waals surface area contributed by atoms with Gasteiger partial charge in [-0.2, -0.15) is 5.10 Å². The molecule has 0 atom stereocenters. The lowest BCUT2D eigenvalue weighted by atomic mass is 10.1. The topological polar surface area (TPSA) is 90.6 Å². The summed E-state index contributed by atoms with van der Waals surface area (Å²) >= 11 is 1.33. The predicted octanol–water partition coefficient (Wildman–Crippen LogP) is 3.92. The van der Waals surface area contributed by atoms with E-state index in [2.05, 4.69) is 20.7 Å². The molecule has 1 N–H and O–H groups in total. The Bertz CT molecular complexity index is 1110. The molecule has 1 amide bonds. The van der Waals surface area contributed by atoms with Gasteiger partial charge in [0.1, 0.15) is 0 Å². The maximum atomic E-state index is 12.3. The van der Waals surface area contributed by atoms with E-state index in [1.807, 2.05) is 61.7 Å². The molecule has 0 saturated heterocycles. The van der Waals surface area contributed by atoms with E-state index in [4.69, 9.17) is 9.47 Å². The van der Waals surface area contributed by atoms with Crippen molar-refractivity contribution >= 4 is 23.4 Å². The first-order chi connectivity index (χ1) is 15.5. The molecule has 2 aromatic carbocycles. The number of methoxy groups -OCH3 is 2. The van der Waals surface area contributed by atoms with Crippen molar-refractivity contribution in [2.45, 2.75) is 32.5 Å². The van der Waals surface area contributed by atoms with Crippen molar-refractivity contribution in [3.8, 4) is 22.9 Å². The number of carbonyl (C=O) groups is 1. The second kappa shape index (κ2) is 10.8. The molecular formula is C23H27N5O3S. The number of nitrogens with zero attached hydrogens (tertiary/aromatic N) is 4. The Labute approximate surface area is 192 Å². The first-order valence-electron chi connectivity index (χ1n) is 10.1. The van der Waals surface area contributed by atoms with Crippen molar-refractivity contribution in [3.05, 3.63) is 53.6 Å². The number of aromatic nitrogens is 3. The van der Waals surface area contributed by atoms with E-state index < -0.39 is 0 Å². The molecule has 9 heteroatoms. The van der Waals surface area contributed by atoms with Crippen LogP contribution < -0.4 is 14.9 Å². The second-order valence-electron chi connectivity index (χ2n) is 7.01. The Morgan fingerprint density at radius 3 is 2.47 bits per heavy atom. The summed E-state index contributed by atoms with van der Waals surface area (Å²) in [6.45, 7) is 6.60. The summed E-state index contributed by atoms with van der Waals surface area (Å²) < 4.78 is 12.6. The molecule has 8 nitrogen and oxygen atoms in total. The molecule has 0 radical (unpaired) electrons. The normalized spacial score (nSPS) is 11.3. The summed E-state index contributed by atoms with van der Waals surface area (Å²) in [4.78, 5) is 12.3. The van der Waals surface area contributed by atoms with E-state index in [1.54, 1.807) is 20.3 Å². The minimum atomic E-state index is -0.225. The fraction of sp³-hybridized carbons (Fsp3) is 0.304. The van der Waals surface area contributed by atoms with Crippen molar-refractivity contribution in [2.75, 3.05) is 20.0 Å². The zero-order valence-electron chi connectivity index (χ0n) is 18.9. The summed E-state index contributed by atoms with van der Waals surface area (Å²) in [5.74, 6) is 1.98. The van der Waals surface area contributed by atoms with Crippen LogP contribution in [0.3, 0.4) is 0 Å². The molecule has 0 unspecified atom stereocenters. The van der Waals surface area contributed by atoms with E-state index in [-0.39, 0.29) is 11.7 Å². The van der Waals surface area contributed by atoms with Crippen molar-refractivity contribution in [3.63, 3.8) is 0 Å². The van der Waals surface area contributed by atoms with Gasteiger partial charge in [0, 0.05) is 17.7 Å². The molecular weight excluding hydrogens is 426 g/mol. The quantitative estimate of drug-likeness (QED) is 0.300. The molecule has 0 bridgehead atoms. The van der Waals surface area contributed by atoms with Crippen LogP contribution in [0.15, 0.2) is 52.7 Å². The predicted molar refractivity (Wildman–Crippen MR) is 126 cm³/mol.